The van der Waals surface area contributed by atoms with Gasteiger partial charge in [-0.05, 0) is 28.4 Å². The predicted octanol–water partition coefficient (Wildman–Crippen LogP) is 4.51. The molecule has 68 valence electrons. The van der Waals surface area contributed by atoms with Crippen LogP contribution < -0.4 is 0 Å². The molecule has 0 saturated carbocycles. The fraction of sp³-hybridized carbons (Fsp3) is 0.200. The van der Waals surface area contributed by atoms with Crippen LogP contribution >= 0.6 is 39.9 Å². The Morgan fingerprint density at radius 2 is 2.23 bits per heavy atom. The smallest absolute Gasteiger partial charge is 0.0499 e. The van der Waals surface area contributed by atoms with Gasteiger partial charge < -0.3 is 0 Å². The molecular weight excluding hydrogens is 264 g/mol. The SMILES string of the molecule is CCc1sc2c(Br)cccc2c1S. The van der Waals surface area contributed by atoms with Gasteiger partial charge in [0.25, 0.3) is 0 Å². The number of hydrogen-bond donors (Lipinski definition) is 1. The number of hydrogen-bond acceptors (Lipinski definition) is 2. The third-order valence-electron chi connectivity index (χ3n) is 2.03. The van der Waals surface area contributed by atoms with Gasteiger partial charge in [-0.15, -0.1) is 24.0 Å². The zero-order valence-electron chi connectivity index (χ0n) is 7.17. The highest BCUT2D eigenvalue weighted by atomic mass is 79.9. The van der Waals surface area contributed by atoms with Crippen molar-refractivity contribution in [3.63, 3.8) is 0 Å². The Bertz CT molecular complexity index is 445. The second-order valence-corrected chi connectivity index (χ2v) is 5.25. The van der Waals surface area contributed by atoms with E-state index in [1.807, 2.05) is 11.3 Å². The molecule has 3 heteroatoms. The van der Waals surface area contributed by atoms with Gasteiger partial charge in [0.15, 0.2) is 0 Å². The Labute approximate surface area is 95.5 Å². The maximum atomic E-state index is 4.53. The maximum Gasteiger partial charge on any atom is 0.0499 e. The van der Waals surface area contributed by atoms with Crippen LogP contribution in [0.2, 0.25) is 0 Å². The minimum Gasteiger partial charge on any atom is -0.142 e. The van der Waals surface area contributed by atoms with E-state index in [9.17, 15) is 0 Å². The molecule has 1 aromatic carbocycles. The van der Waals surface area contributed by atoms with Gasteiger partial charge in [0.1, 0.15) is 0 Å². The Morgan fingerprint density at radius 3 is 2.85 bits per heavy atom. The molecular formula is C10H9BrS2. The van der Waals surface area contributed by atoms with Gasteiger partial charge in [-0.25, -0.2) is 0 Å². The molecule has 13 heavy (non-hydrogen) atoms. The summed E-state index contributed by atoms with van der Waals surface area (Å²) < 4.78 is 2.48. The van der Waals surface area contributed by atoms with Crippen LogP contribution in [0, 0.1) is 0 Å². The van der Waals surface area contributed by atoms with Crippen molar-refractivity contribution in [1.82, 2.24) is 0 Å². The first kappa shape index (κ1) is 9.56. The molecule has 0 amide bonds. The van der Waals surface area contributed by atoms with E-state index >= 15 is 0 Å². The van der Waals surface area contributed by atoms with Crippen LogP contribution in [0.3, 0.4) is 0 Å². The molecule has 1 heterocycles. The zero-order valence-corrected chi connectivity index (χ0v) is 10.5. The van der Waals surface area contributed by atoms with Gasteiger partial charge in [0.05, 0.1) is 0 Å². The summed E-state index contributed by atoms with van der Waals surface area (Å²) in [6.07, 6.45) is 1.06. The highest BCUT2D eigenvalue weighted by molar-refractivity contribution is 9.10. The standard InChI is InChI=1S/C10H9BrS2/c1-2-8-9(12)6-4-3-5-7(11)10(6)13-8/h3-5,12H,2H2,1H3. The fourth-order valence-electron chi connectivity index (χ4n) is 1.36. The average Bonchev–Trinajstić information content (AvgIpc) is 2.45. The summed E-state index contributed by atoms with van der Waals surface area (Å²) in [4.78, 5) is 2.51. The molecule has 1 aromatic heterocycles. The molecule has 0 atom stereocenters. The van der Waals surface area contributed by atoms with Gasteiger partial charge >= 0.3 is 0 Å². The van der Waals surface area contributed by atoms with Crippen LogP contribution in [-0.2, 0) is 6.42 Å². The molecule has 0 aliphatic heterocycles. The van der Waals surface area contributed by atoms with Crippen molar-refractivity contribution in [3.05, 3.63) is 27.5 Å². The summed E-state index contributed by atoms with van der Waals surface area (Å²) in [6, 6.07) is 6.25. The van der Waals surface area contributed by atoms with E-state index in [2.05, 4.69) is 53.7 Å². The van der Waals surface area contributed by atoms with Gasteiger partial charge in [0.2, 0.25) is 0 Å². The summed E-state index contributed by atoms with van der Waals surface area (Å²) in [5, 5.41) is 1.26. The van der Waals surface area contributed by atoms with Crippen molar-refractivity contribution in [1.29, 1.82) is 0 Å². The van der Waals surface area contributed by atoms with Crippen molar-refractivity contribution >= 4 is 50.0 Å². The fourth-order valence-corrected chi connectivity index (χ4v) is 3.57. The third-order valence-corrected chi connectivity index (χ3v) is 5.00. The number of aryl methyl sites for hydroxylation is 1. The van der Waals surface area contributed by atoms with E-state index in [1.165, 1.54) is 19.4 Å². The molecule has 0 unspecified atom stereocenters. The van der Waals surface area contributed by atoms with Crippen LogP contribution in [0.15, 0.2) is 27.6 Å². The summed E-state index contributed by atoms with van der Waals surface area (Å²) >= 11 is 9.91. The first-order chi connectivity index (χ1) is 6.24. The van der Waals surface area contributed by atoms with E-state index < -0.39 is 0 Å². The normalized spacial score (nSPS) is 11.0. The Balaban J connectivity index is 2.83. The lowest BCUT2D eigenvalue weighted by atomic mass is 10.2. The van der Waals surface area contributed by atoms with E-state index in [4.69, 9.17) is 0 Å². The van der Waals surface area contributed by atoms with Gasteiger partial charge in [-0.1, -0.05) is 19.1 Å². The molecule has 2 rings (SSSR count). The number of benzene rings is 1. The molecule has 0 nitrogen and oxygen atoms in total. The molecule has 0 radical (unpaired) electrons. The minimum atomic E-state index is 1.06. The topological polar surface area (TPSA) is 0 Å². The number of rotatable bonds is 1. The first-order valence-corrected chi connectivity index (χ1v) is 6.18. The molecule has 0 aliphatic carbocycles. The molecule has 0 bridgehead atoms. The molecule has 0 saturated heterocycles. The lowest BCUT2D eigenvalue weighted by Gasteiger charge is -1.92. The Hall–Kier alpha value is 0.01000. The van der Waals surface area contributed by atoms with E-state index in [1.54, 1.807) is 0 Å². The van der Waals surface area contributed by atoms with Crippen LogP contribution in [0.1, 0.15) is 11.8 Å². The van der Waals surface area contributed by atoms with Crippen molar-refractivity contribution in [2.24, 2.45) is 0 Å². The van der Waals surface area contributed by atoms with Gasteiger partial charge in [-0.3, -0.25) is 0 Å². The second kappa shape index (κ2) is 3.64. The Kier molecular flexibility index (Phi) is 2.67. The van der Waals surface area contributed by atoms with Crippen molar-refractivity contribution in [3.8, 4) is 0 Å². The molecule has 2 aromatic rings. The summed E-state index contributed by atoms with van der Waals surface area (Å²) in [5.74, 6) is 0. The minimum absolute atomic E-state index is 1.06. The molecule has 0 spiro atoms. The summed E-state index contributed by atoms with van der Waals surface area (Å²) in [6.45, 7) is 2.17. The maximum absolute atomic E-state index is 4.53. The van der Waals surface area contributed by atoms with Crippen molar-refractivity contribution in [2.75, 3.05) is 0 Å². The second-order valence-electron chi connectivity index (χ2n) is 2.84. The summed E-state index contributed by atoms with van der Waals surface area (Å²) in [7, 11) is 0. The monoisotopic (exact) mass is 272 g/mol. The van der Waals surface area contributed by atoms with Crippen LogP contribution in [0.5, 0.6) is 0 Å². The lowest BCUT2D eigenvalue weighted by molar-refractivity contribution is 1.15. The van der Waals surface area contributed by atoms with Crippen LogP contribution in [0.25, 0.3) is 10.1 Å². The van der Waals surface area contributed by atoms with Gasteiger partial charge in [0, 0.05) is 24.3 Å². The molecule has 0 fully saturated rings. The first-order valence-electron chi connectivity index (χ1n) is 4.13. The highest BCUT2D eigenvalue weighted by Gasteiger charge is 2.08. The number of fused-ring (bicyclic) bond motifs is 1. The third kappa shape index (κ3) is 1.53. The van der Waals surface area contributed by atoms with E-state index in [-0.39, 0.29) is 0 Å². The molecule has 0 aliphatic rings. The number of thiophene rings is 1. The van der Waals surface area contributed by atoms with Crippen LogP contribution in [0.4, 0.5) is 0 Å². The number of thiol groups is 1. The quantitative estimate of drug-likeness (QED) is 0.726. The molecule has 0 N–H and O–H groups in total. The van der Waals surface area contributed by atoms with E-state index in [0.29, 0.717) is 0 Å². The highest BCUT2D eigenvalue weighted by Crippen LogP contribution is 2.38. The predicted molar refractivity (Wildman–Crippen MR) is 66.2 cm³/mol. The van der Waals surface area contributed by atoms with E-state index in [0.717, 1.165) is 11.3 Å². The largest absolute Gasteiger partial charge is 0.142 e. The van der Waals surface area contributed by atoms with Crippen molar-refractivity contribution in [2.45, 2.75) is 18.2 Å². The number of halogens is 1. The van der Waals surface area contributed by atoms with Crippen molar-refractivity contribution < 1.29 is 0 Å². The lowest BCUT2D eigenvalue weighted by Crippen LogP contribution is -1.71. The average molecular weight is 273 g/mol. The van der Waals surface area contributed by atoms with Gasteiger partial charge in [-0.2, -0.15) is 0 Å². The Morgan fingerprint density at radius 1 is 1.46 bits per heavy atom. The van der Waals surface area contributed by atoms with Crippen LogP contribution in [-0.4, -0.2) is 0 Å². The zero-order chi connectivity index (χ0) is 9.42. The summed E-state index contributed by atoms with van der Waals surface area (Å²) in [5.41, 5.74) is 0.